The summed E-state index contributed by atoms with van der Waals surface area (Å²) in [5.41, 5.74) is -2.30. The molecule has 1 aromatic rings. The minimum Gasteiger partial charge on any atom is -0.506 e. The molecule has 0 amide bonds. The summed E-state index contributed by atoms with van der Waals surface area (Å²) in [6, 6.07) is 1.34. The fourth-order valence-corrected chi connectivity index (χ4v) is 1.10. The summed E-state index contributed by atoms with van der Waals surface area (Å²) in [5, 5.41) is 17.8. The first-order valence-corrected chi connectivity index (χ1v) is 3.99. The molecule has 1 aromatic carbocycles. The van der Waals surface area contributed by atoms with E-state index in [9.17, 15) is 18.0 Å². The van der Waals surface area contributed by atoms with Crippen molar-refractivity contribution in [2.75, 3.05) is 7.11 Å². The van der Waals surface area contributed by atoms with Gasteiger partial charge in [-0.15, -0.1) is 0 Å². The molecule has 7 heteroatoms. The Kier molecular flexibility index (Phi) is 2.97. The van der Waals surface area contributed by atoms with Crippen LogP contribution in [-0.4, -0.2) is 23.3 Å². The number of benzene rings is 1. The van der Waals surface area contributed by atoms with Crippen molar-refractivity contribution in [3.05, 3.63) is 23.3 Å². The van der Waals surface area contributed by atoms with Gasteiger partial charge in [-0.05, 0) is 12.1 Å². The third-order valence-corrected chi connectivity index (χ3v) is 1.85. The maximum atomic E-state index is 12.4. The van der Waals surface area contributed by atoms with E-state index in [1.807, 2.05) is 0 Å². The monoisotopic (exact) mass is 236 g/mol. The molecule has 0 spiro atoms. The van der Waals surface area contributed by atoms with Crippen LogP contribution in [0.1, 0.15) is 15.9 Å². The molecule has 0 atom stereocenters. The zero-order valence-corrected chi connectivity index (χ0v) is 8.00. The second-order valence-corrected chi connectivity index (χ2v) is 2.87. The Morgan fingerprint density at radius 3 is 2.31 bits per heavy atom. The number of hydrogen-bond donors (Lipinski definition) is 2. The summed E-state index contributed by atoms with van der Waals surface area (Å²) in [7, 11) is 1.10. The van der Waals surface area contributed by atoms with Crippen LogP contribution in [0.25, 0.3) is 0 Å². The smallest absolute Gasteiger partial charge is 0.420 e. The van der Waals surface area contributed by atoms with Crippen molar-refractivity contribution in [1.29, 1.82) is 0 Å². The van der Waals surface area contributed by atoms with Crippen molar-refractivity contribution in [3.8, 4) is 11.5 Å². The highest BCUT2D eigenvalue weighted by Gasteiger charge is 2.36. The fourth-order valence-electron chi connectivity index (χ4n) is 1.10. The molecular formula is C9H7F3O4. The van der Waals surface area contributed by atoms with Crippen LogP contribution in [0.5, 0.6) is 11.5 Å². The normalized spacial score (nSPS) is 11.2. The molecule has 88 valence electrons. The first-order valence-electron chi connectivity index (χ1n) is 3.99. The van der Waals surface area contributed by atoms with Crippen LogP contribution in [0.3, 0.4) is 0 Å². The van der Waals surface area contributed by atoms with Crippen molar-refractivity contribution in [3.63, 3.8) is 0 Å². The molecule has 2 N–H and O–H groups in total. The van der Waals surface area contributed by atoms with Gasteiger partial charge < -0.3 is 14.9 Å². The summed E-state index contributed by atoms with van der Waals surface area (Å²) in [4.78, 5) is 10.6. The Labute approximate surface area is 87.9 Å². The highest BCUT2D eigenvalue weighted by molar-refractivity contribution is 5.92. The molecule has 0 radical (unpaired) electrons. The second-order valence-electron chi connectivity index (χ2n) is 2.87. The Morgan fingerprint density at radius 2 is 1.94 bits per heavy atom. The van der Waals surface area contributed by atoms with Crippen LogP contribution in [0.4, 0.5) is 13.2 Å². The third kappa shape index (κ3) is 2.18. The van der Waals surface area contributed by atoms with E-state index in [4.69, 9.17) is 10.2 Å². The number of aromatic carboxylic acids is 1. The maximum Gasteiger partial charge on any atom is 0.420 e. The predicted octanol–water partition coefficient (Wildman–Crippen LogP) is 2.12. The Hall–Kier alpha value is -1.92. The number of carbonyl (C=O) groups is 1. The highest BCUT2D eigenvalue weighted by atomic mass is 19.4. The SMILES string of the molecule is COc1cc(C(=O)O)c(O)c(C(F)(F)F)c1. The number of alkyl halides is 3. The van der Waals surface area contributed by atoms with Gasteiger partial charge in [0.2, 0.25) is 0 Å². The highest BCUT2D eigenvalue weighted by Crippen LogP contribution is 2.40. The lowest BCUT2D eigenvalue weighted by molar-refractivity contribution is -0.138. The zero-order valence-electron chi connectivity index (χ0n) is 8.00. The van der Waals surface area contributed by atoms with E-state index >= 15 is 0 Å². The fraction of sp³-hybridized carbons (Fsp3) is 0.222. The molecular weight excluding hydrogens is 229 g/mol. The van der Waals surface area contributed by atoms with Crippen LogP contribution < -0.4 is 4.74 Å². The summed E-state index contributed by atoms with van der Waals surface area (Å²) < 4.78 is 41.7. The van der Waals surface area contributed by atoms with Crippen LogP contribution in [0.2, 0.25) is 0 Å². The first kappa shape index (κ1) is 12.2. The summed E-state index contributed by atoms with van der Waals surface area (Å²) in [6.07, 6.45) is -4.84. The zero-order chi connectivity index (χ0) is 12.5. The van der Waals surface area contributed by atoms with Gasteiger partial charge in [0, 0.05) is 0 Å². The molecule has 1 rings (SSSR count). The van der Waals surface area contributed by atoms with Gasteiger partial charge in [-0.2, -0.15) is 13.2 Å². The van der Waals surface area contributed by atoms with Crippen LogP contribution in [0, 0.1) is 0 Å². The topological polar surface area (TPSA) is 66.8 Å². The minimum atomic E-state index is -4.84. The molecule has 0 unspecified atom stereocenters. The van der Waals surface area contributed by atoms with Crippen LogP contribution >= 0.6 is 0 Å². The lowest BCUT2D eigenvalue weighted by atomic mass is 10.1. The van der Waals surface area contributed by atoms with Crippen LogP contribution in [0.15, 0.2) is 12.1 Å². The Bertz CT molecular complexity index is 425. The van der Waals surface area contributed by atoms with Gasteiger partial charge in [-0.1, -0.05) is 0 Å². The van der Waals surface area contributed by atoms with E-state index < -0.39 is 29.0 Å². The lowest BCUT2D eigenvalue weighted by Gasteiger charge is -2.12. The summed E-state index contributed by atoms with van der Waals surface area (Å²) in [5.74, 6) is -3.27. The average molecular weight is 236 g/mol. The number of methoxy groups -OCH3 is 1. The summed E-state index contributed by atoms with van der Waals surface area (Å²) in [6.45, 7) is 0. The van der Waals surface area contributed by atoms with Crippen LogP contribution in [-0.2, 0) is 6.18 Å². The van der Waals surface area contributed by atoms with Gasteiger partial charge in [0.1, 0.15) is 22.6 Å². The van der Waals surface area contributed by atoms with Crippen molar-refractivity contribution < 1.29 is 32.9 Å². The largest absolute Gasteiger partial charge is 0.506 e. The molecule has 16 heavy (non-hydrogen) atoms. The molecule has 0 fully saturated rings. The molecule has 0 bridgehead atoms. The van der Waals surface area contributed by atoms with Crippen molar-refractivity contribution >= 4 is 5.97 Å². The number of carboxylic acids is 1. The van der Waals surface area contributed by atoms with E-state index in [2.05, 4.69) is 4.74 Å². The first-order chi connectivity index (χ1) is 7.27. The summed E-state index contributed by atoms with van der Waals surface area (Å²) >= 11 is 0. The Morgan fingerprint density at radius 1 is 1.38 bits per heavy atom. The van der Waals surface area contributed by atoms with Crippen molar-refractivity contribution in [2.24, 2.45) is 0 Å². The lowest BCUT2D eigenvalue weighted by Crippen LogP contribution is -2.09. The number of aromatic hydroxyl groups is 1. The average Bonchev–Trinajstić information content (AvgIpc) is 2.15. The predicted molar refractivity (Wildman–Crippen MR) is 46.6 cm³/mol. The molecule has 0 heterocycles. The second kappa shape index (κ2) is 3.92. The number of halogens is 3. The van der Waals surface area contributed by atoms with Gasteiger partial charge in [0.15, 0.2) is 0 Å². The standard InChI is InChI=1S/C9H7F3O4/c1-16-4-2-5(8(14)15)7(13)6(3-4)9(10,11)12/h2-3,13H,1H3,(H,14,15). The van der Waals surface area contributed by atoms with Gasteiger partial charge in [0.05, 0.1) is 7.11 Å². The quantitative estimate of drug-likeness (QED) is 0.825. The third-order valence-electron chi connectivity index (χ3n) is 1.85. The number of rotatable bonds is 2. The van der Waals surface area contributed by atoms with E-state index in [0.29, 0.717) is 6.07 Å². The van der Waals surface area contributed by atoms with Gasteiger partial charge >= 0.3 is 12.1 Å². The number of hydrogen-bond acceptors (Lipinski definition) is 3. The molecule has 0 saturated heterocycles. The molecule has 0 aliphatic carbocycles. The number of carboxylic acid groups (broad SMARTS) is 1. The van der Waals surface area contributed by atoms with Gasteiger partial charge in [-0.25, -0.2) is 4.79 Å². The van der Waals surface area contributed by atoms with E-state index in [1.54, 1.807) is 0 Å². The van der Waals surface area contributed by atoms with Crippen molar-refractivity contribution in [2.45, 2.75) is 6.18 Å². The molecule has 4 nitrogen and oxygen atoms in total. The number of phenols is 1. The number of ether oxygens (including phenoxy) is 1. The van der Waals surface area contributed by atoms with E-state index in [-0.39, 0.29) is 5.75 Å². The minimum absolute atomic E-state index is 0.289. The maximum absolute atomic E-state index is 12.4. The molecule has 0 saturated carbocycles. The van der Waals surface area contributed by atoms with E-state index in [1.165, 1.54) is 0 Å². The van der Waals surface area contributed by atoms with Crippen molar-refractivity contribution in [1.82, 2.24) is 0 Å². The molecule has 0 aliphatic heterocycles. The molecule has 0 aliphatic rings. The Balaban J connectivity index is 3.50. The molecule has 0 aromatic heterocycles. The van der Waals surface area contributed by atoms with Gasteiger partial charge in [-0.3, -0.25) is 0 Å². The van der Waals surface area contributed by atoms with Gasteiger partial charge in [0.25, 0.3) is 0 Å². The van der Waals surface area contributed by atoms with E-state index in [0.717, 1.165) is 13.2 Å².